The van der Waals surface area contributed by atoms with Gasteiger partial charge in [-0.15, -0.1) is 0 Å². The molecule has 0 amide bonds. The van der Waals surface area contributed by atoms with Crippen molar-refractivity contribution >= 4 is 72.0 Å². The second kappa shape index (κ2) is 67.3. The molecule has 25 nitrogen and oxygen atoms in total. The minimum atomic E-state index is -5.39. The van der Waals surface area contributed by atoms with Gasteiger partial charge in [0.25, 0.3) is 17.1 Å². The van der Waals surface area contributed by atoms with Crippen molar-refractivity contribution in [3.05, 3.63) is 102 Å². The summed E-state index contributed by atoms with van der Waals surface area (Å²) in [6.07, 6.45) is 66.6. The first-order valence-electron chi connectivity index (χ1n) is 51.2. The van der Waals surface area contributed by atoms with E-state index < -0.39 is 68.4 Å². The van der Waals surface area contributed by atoms with Crippen LogP contribution in [0.25, 0.3) is 0 Å². The Morgan fingerprint density at radius 2 is 0.453 bits per heavy atom. The first kappa shape index (κ1) is 117. The zero-order valence-corrected chi connectivity index (χ0v) is 84.9. The normalized spacial score (nSPS) is 16.1. The summed E-state index contributed by atoms with van der Waals surface area (Å²) < 4.78 is 98.5. The standard InChI is InChI=1S/3C33H60N3O4S.H3O4P/c3*1-4-6-8-10-11-12-16-20-28-36(3,27-19-15-9-7-5-2)29-26-30-22-21-25-32(33(30)35(37)38)34-41(39,40)31-23-17-13-14-18-24-31;1-5(2,3)4/h3*21-22,25,31,34H,4-20,23-24,26-29H2,1-3H3;(H3,1,2,3,4)/q3*+1;/p-3. The van der Waals surface area contributed by atoms with Crippen LogP contribution in [0.5, 0.6) is 0 Å². The van der Waals surface area contributed by atoms with E-state index in [4.69, 9.17) is 19.2 Å². The highest BCUT2D eigenvalue weighted by Crippen LogP contribution is 2.38. The molecule has 128 heavy (non-hydrogen) atoms. The van der Waals surface area contributed by atoms with Crippen molar-refractivity contribution in [2.45, 2.75) is 443 Å². The van der Waals surface area contributed by atoms with Gasteiger partial charge < -0.3 is 32.7 Å². The van der Waals surface area contributed by atoms with E-state index in [0.717, 1.165) is 149 Å². The topological polar surface area (TPSA) is 354 Å². The van der Waals surface area contributed by atoms with Crippen LogP contribution >= 0.6 is 7.82 Å². The number of phosphoric acid groups is 1. The van der Waals surface area contributed by atoms with Crippen LogP contribution < -0.4 is 28.8 Å². The number of anilines is 3. The molecule has 0 aliphatic heterocycles. The summed E-state index contributed by atoms with van der Waals surface area (Å²) in [7, 11) is -9.49. The Kier molecular flexibility index (Phi) is 61.7. The van der Waals surface area contributed by atoms with Gasteiger partial charge in [-0.1, -0.05) is 328 Å². The molecule has 3 aromatic carbocycles. The highest BCUT2D eigenvalue weighted by Gasteiger charge is 2.36. The number of nitro benzene ring substituents is 3. The zero-order valence-electron chi connectivity index (χ0n) is 81.6. The van der Waals surface area contributed by atoms with Crippen LogP contribution in [0.2, 0.25) is 0 Å². The predicted molar refractivity (Wildman–Crippen MR) is 527 cm³/mol. The summed E-state index contributed by atoms with van der Waals surface area (Å²) in [5.74, 6) is 0. The lowest BCUT2D eigenvalue weighted by Crippen LogP contribution is -2.47. The van der Waals surface area contributed by atoms with Gasteiger partial charge in [-0.3, -0.25) is 44.5 Å². The monoisotopic (exact) mass is 1880 g/mol. The predicted octanol–water partition coefficient (Wildman–Crippen LogP) is 24.7. The fourth-order valence-corrected chi connectivity index (χ4v) is 23.8. The Balaban J connectivity index is 0.000000481. The molecule has 0 heterocycles. The largest absolute Gasteiger partial charge is 0.822 e. The van der Waals surface area contributed by atoms with Crippen LogP contribution in [0, 0.1) is 30.3 Å². The van der Waals surface area contributed by atoms with Crippen molar-refractivity contribution < 1.29 is 72.7 Å². The first-order chi connectivity index (χ1) is 61.2. The van der Waals surface area contributed by atoms with E-state index in [1.807, 2.05) is 18.2 Å². The van der Waals surface area contributed by atoms with Gasteiger partial charge in [-0.05, 0) is 134 Å². The number of quaternary nitrogens is 3. The van der Waals surface area contributed by atoms with Crippen LogP contribution in [-0.4, -0.2) is 149 Å². The summed E-state index contributed by atoms with van der Waals surface area (Å²) in [6, 6.07) is 15.4. The third-order valence-corrected chi connectivity index (χ3v) is 32.8. The molecule has 3 saturated carbocycles. The zero-order chi connectivity index (χ0) is 94.4. The minimum absolute atomic E-state index is 0.0775. The van der Waals surface area contributed by atoms with Crippen molar-refractivity contribution in [1.82, 2.24) is 0 Å². The molecule has 3 fully saturated rings. The fraction of sp³-hybridized carbons (Fsp3) is 0.818. The molecular weight excluding hydrogens is 1700 g/mol. The molecule has 0 aromatic heterocycles. The second-order valence-electron chi connectivity index (χ2n) is 38.7. The fourth-order valence-electron chi connectivity index (χ4n) is 19.0. The number of para-hydroxylation sites is 3. The number of likely N-dealkylation sites (N-methyl/N-ethyl adjacent to an activating group) is 3. The van der Waals surface area contributed by atoms with E-state index in [1.54, 1.807) is 36.4 Å². The maximum absolute atomic E-state index is 13.2. The molecule has 6 rings (SSSR count). The Hall–Kier alpha value is -4.90. The number of nitro groups is 3. The van der Waals surface area contributed by atoms with Crippen LogP contribution in [-0.2, 0) is 53.9 Å². The van der Waals surface area contributed by atoms with E-state index in [1.165, 1.54) is 250 Å². The summed E-state index contributed by atoms with van der Waals surface area (Å²) in [6.45, 7) is 22.5. The summed E-state index contributed by atoms with van der Waals surface area (Å²) in [5.41, 5.74) is 2.01. The second-order valence-corrected chi connectivity index (χ2v) is 45.5. The van der Waals surface area contributed by atoms with E-state index in [0.29, 0.717) is 74.5 Å². The lowest BCUT2D eigenvalue weighted by molar-refractivity contribution is -0.909. The molecule has 740 valence electrons. The van der Waals surface area contributed by atoms with Gasteiger partial charge in [0.05, 0.1) is 111 Å². The molecule has 29 heteroatoms. The quantitative estimate of drug-likeness (QED) is 0.0118. The van der Waals surface area contributed by atoms with E-state index in [-0.39, 0.29) is 34.1 Å². The van der Waals surface area contributed by atoms with Gasteiger partial charge in [0.2, 0.25) is 30.1 Å². The lowest BCUT2D eigenvalue weighted by Gasteiger charge is -2.36. The molecule has 0 spiro atoms. The summed E-state index contributed by atoms with van der Waals surface area (Å²) in [5, 5.41) is 35.3. The van der Waals surface area contributed by atoms with Crippen LogP contribution in [0.1, 0.15) is 424 Å². The third kappa shape index (κ3) is 51.5. The van der Waals surface area contributed by atoms with E-state index in [9.17, 15) is 55.6 Å². The number of sulfonamides is 3. The number of rotatable bonds is 66. The molecule has 3 aliphatic rings. The van der Waals surface area contributed by atoms with Gasteiger partial charge in [-0.2, -0.15) is 7.82 Å². The average molecular weight is 1880 g/mol. The van der Waals surface area contributed by atoms with E-state index >= 15 is 0 Å². The Labute approximate surface area is 778 Å². The maximum atomic E-state index is 13.2. The first-order valence-corrected chi connectivity index (χ1v) is 57.3. The Bertz CT molecular complexity index is 3490. The van der Waals surface area contributed by atoms with Crippen molar-refractivity contribution in [3.8, 4) is 0 Å². The van der Waals surface area contributed by atoms with E-state index in [2.05, 4.69) is 76.9 Å². The van der Waals surface area contributed by atoms with Gasteiger partial charge in [-0.25, -0.2) is 25.3 Å². The van der Waals surface area contributed by atoms with Crippen molar-refractivity contribution in [2.24, 2.45) is 0 Å². The molecule has 0 bridgehead atoms. The van der Waals surface area contributed by atoms with Crippen molar-refractivity contribution in [2.75, 3.05) is 94.2 Å². The average Bonchev–Trinajstić information content (AvgIpc) is 0.963. The number of hydrogen-bond acceptors (Lipinski definition) is 16. The van der Waals surface area contributed by atoms with Gasteiger partial charge in [0.15, 0.2) is 0 Å². The minimum Gasteiger partial charge on any atom is -0.822 e. The van der Waals surface area contributed by atoms with Gasteiger partial charge in [0, 0.05) is 36.0 Å². The number of nitrogens with one attached hydrogen (secondary N) is 3. The van der Waals surface area contributed by atoms with Crippen LogP contribution in [0.3, 0.4) is 0 Å². The highest BCUT2D eigenvalue weighted by molar-refractivity contribution is 7.93. The van der Waals surface area contributed by atoms with Crippen molar-refractivity contribution in [3.63, 3.8) is 0 Å². The summed E-state index contributed by atoms with van der Waals surface area (Å²) in [4.78, 5) is 61.2. The molecule has 0 saturated heterocycles. The lowest BCUT2D eigenvalue weighted by atomic mass is 10.1. The molecule has 3 aliphatic carbocycles. The SMILES string of the molecule is CCCCCCCCCC[N+](C)(CCCCCCC)CCc1cccc(NS(=O)(=O)C2CCCCCC2)c1[N+](=O)[O-].CCCCCCCCCC[N+](C)(CCCCCCC)CCc1cccc(NS(=O)(=O)C2CCCCCC2)c1[N+](=O)[O-].CCCCCCCCCC[N+](C)(CCCCCCC)CCc1cccc(NS(=O)(=O)C2CCCCCC2)c1[N+](=O)[O-].O=P([O-])([O-])[O-]. The van der Waals surface area contributed by atoms with Crippen LogP contribution in [0.15, 0.2) is 54.6 Å². The number of nitrogens with zero attached hydrogens (tertiary/aromatic N) is 6. The smallest absolute Gasteiger partial charge is 0.296 e. The Morgan fingerprint density at radius 3 is 0.617 bits per heavy atom. The van der Waals surface area contributed by atoms with Gasteiger partial charge >= 0.3 is 0 Å². The molecular formula is C99H180N9O16PS3. The number of hydrogen-bond donors (Lipinski definition) is 3. The maximum Gasteiger partial charge on any atom is 0.296 e. The molecule has 0 radical (unpaired) electrons. The van der Waals surface area contributed by atoms with Crippen molar-refractivity contribution in [1.29, 1.82) is 0 Å². The summed E-state index contributed by atoms with van der Waals surface area (Å²) >= 11 is 0. The molecule has 3 atom stereocenters. The number of benzene rings is 3. The number of unbranched alkanes of at least 4 members (excludes halogenated alkanes) is 33. The molecule has 3 N–H and O–H groups in total. The molecule has 3 unspecified atom stereocenters. The van der Waals surface area contributed by atoms with Gasteiger partial charge in [0.1, 0.15) is 17.1 Å². The van der Waals surface area contributed by atoms with Crippen LogP contribution in [0.4, 0.5) is 34.1 Å². The highest BCUT2D eigenvalue weighted by atomic mass is 32.2. The molecule has 3 aromatic rings. The third-order valence-electron chi connectivity index (χ3n) is 27.2. The Morgan fingerprint density at radius 1 is 0.289 bits per heavy atom.